The number of unbranched alkanes of at least 4 members (excludes halogenated alkanes) is 7. The van der Waals surface area contributed by atoms with E-state index in [2.05, 4.69) is 42.8 Å². The Bertz CT molecular complexity index is 336. The summed E-state index contributed by atoms with van der Waals surface area (Å²) in [5.74, 6) is 0.376. The van der Waals surface area contributed by atoms with Gasteiger partial charge in [0.25, 0.3) is 0 Å². The molecular formula is C21H43N3O. The third-order valence-electron chi connectivity index (χ3n) is 5.27. The number of hydrogen-bond acceptors (Lipinski definition) is 3. The Hall–Kier alpha value is -0.610. The molecule has 1 rings (SSSR count). The van der Waals surface area contributed by atoms with Crippen molar-refractivity contribution in [1.29, 1.82) is 0 Å². The van der Waals surface area contributed by atoms with Gasteiger partial charge in [0, 0.05) is 44.7 Å². The Morgan fingerprint density at radius 3 is 1.84 bits per heavy atom. The van der Waals surface area contributed by atoms with E-state index in [0.717, 1.165) is 45.6 Å². The lowest BCUT2D eigenvalue weighted by Gasteiger charge is -2.37. The molecule has 0 bridgehead atoms. The summed E-state index contributed by atoms with van der Waals surface area (Å²) in [5.41, 5.74) is 0. The first-order valence-corrected chi connectivity index (χ1v) is 10.8. The van der Waals surface area contributed by atoms with E-state index in [9.17, 15) is 4.79 Å². The van der Waals surface area contributed by atoms with E-state index in [-0.39, 0.29) is 0 Å². The number of carbonyl (C=O) groups is 1. The molecule has 0 aromatic heterocycles. The van der Waals surface area contributed by atoms with Crippen LogP contribution >= 0.6 is 0 Å². The molecule has 0 atom stereocenters. The Kier molecular flexibility index (Phi) is 12.2. The van der Waals surface area contributed by atoms with Crippen molar-refractivity contribution in [2.75, 3.05) is 32.7 Å². The van der Waals surface area contributed by atoms with Gasteiger partial charge in [0.05, 0.1) is 0 Å². The molecule has 148 valence electrons. The first-order valence-electron chi connectivity index (χ1n) is 10.8. The maximum atomic E-state index is 12.3. The first kappa shape index (κ1) is 22.4. The van der Waals surface area contributed by atoms with Crippen molar-refractivity contribution in [3.05, 3.63) is 0 Å². The highest BCUT2D eigenvalue weighted by molar-refractivity contribution is 5.76. The second kappa shape index (κ2) is 13.6. The van der Waals surface area contributed by atoms with Crippen molar-refractivity contribution in [1.82, 2.24) is 15.1 Å². The third-order valence-corrected chi connectivity index (χ3v) is 5.27. The van der Waals surface area contributed by atoms with Gasteiger partial charge in [-0.15, -0.1) is 0 Å². The maximum absolute atomic E-state index is 12.3. The Balaban J connectivity index is 1.89. The van der Waals surface area contributed by atoms with E-state index < -0.39 is 0 Å². The average molecular weight is 354 g/mol. The van der Waals surface area contributed by atoms with E-state index in [1.54, 1.807) is 0 Å². The van der Waals surface area contributed by atoms with Crippen LogP contribution in [0.4, 0.5) is 0 Å². The highest BCUT2D eigenvalue weighted by atomic mass is 16.2. The molecule has 1 N–H and O–H groups in total. The van der Waals surface area contributed by atoms with Crippen molar-refractivity contribution >= 4 is 5.91 Å². The summed E-state index contributed by atoms with van der Waals surface area (Å²) in [5, 5.41) is 3.47. The summed E-state index contributed by atoms with van der Waals surface area (Å²) in [4.78, 5) is 16.8. The van der Waals surface area contributed by atoms with Crippen LogP contribution in [0.15, 0.2) is 0 Å². The second-order valence-corrected chi connectivity index (χ2v) is 8.20. The van der Waals surface area contributed by atoms with Crippen molar-refractivity contribution in [3.63, 3.8) is 0 Å². The number of nitrogens with one attached hydrogen (secondary N) is 1. The van der Waals surface area contributed by atoms with E-state index in [1.165, 1.54) is 44.9 Å². The van der Waals surface area contributed by atoms with Crippen molar-refractivity contribution in [3.8, 4) is 0 Å². The lowest BCUT2D eigenvalue weighted by molar-refractivity contribution is -0.133. The fourth-order valence-electron chi connectivity index (χ4n) is 3.50. The highest BCUT2D eigenvalue weighted by Crippen LogP contribution is 2.12. The van der Waals surface area contributed by atoms with Gasteiger partial charge in [0.1, 0.15) is 0 Å². The largest absolute Gasteiger partial charge is 0.340 e. The lowest BCUT2D eigenvalue weighted by Crippen LogP contribution is -2.50. The van der Waals surface area contributed by atoms with Crippen LogP contribution in [0.1, 0.15) is 85.5 Å². The van der Waals surface area contributed by atoms with E-state index >= 15 is 0 Å². The predicted molar refractivity (Wildman–Crippen MR) is 108 cm³/mol. The summed E-state index contributed by atoms with van der Waals surface area (Å²) < 4.78 is 0. The minimum Gasteiger partial charge on any atom is -0.340 e. The predicted octanol–water partition coefficient (Wildman–Crippen LogP) is 4.05. The molecule has 1 aliphatic heterocycles. The van der Waals surface area contributed by atoms with Gasteiger partial charge in [-0.2, -0.15) is 0 Å². The summed E-state index contributed by atoms with van der Waals surface area (Å²) in [7, 11) is 0. The molecule has 25 heavy (non-hydrogen) atoms. The van der Waals surface area contributed by atoms with Gasteiger partial charge in [0.2, 0.25) is 5.91 Å². The molecule has 0 spiro atoms. The van der Waals surface area contributed by atoms with Crippen molar-refractivity contribution < 1.29 is 4.79 Å². The smallest absolute Gasteiger partial charge is 0.222 e. The second-order valence-electron chi connectivity index (χ2n) is 8.20. The summed E-state index contributed by atoms with van der Waals surface area (Å²) in [6, 6.07) is 1.21. The fourth-order valence-corrected chi connectivity index (χ4v) is 3.50. The number of piperazine rings is 1. The van der Waals surface area contributed by atoms with Crippen LogP contribution in [0.3, 0.4) is 0 Å². The SMILES string of the molecule is CC(C)NCCCCCCCCCCC(=O)N1CCN(C(C)C)CC1. The van der Waals surface area contributed by atoms with Crippen molar-refractivity contribution in [2.45, 2.75) is 97.6 Å². The Morgan fingerprint density at radius 2 is 1.32 bits per heavy atom. The van der Waals surface area contributed by atoms with Crippen LogP contribution < -0.4 is 5.32 Å². The van der Waals surface area contributed by atoms with E-state index in [1.807, 2.05) is 0 Å². The van der Waals surface area contributed by atoms with Gasteiger partial charge >= 0.3 is 0 Å². The number of carbonyl (C=O) groups excluding carboxylic acids is 1. The van der Waals surface area contributed by atoms with Gasteiger partial charge in [0.15, 0.2) is 0 Å². The molecule has 1 fully saturated rings. The highest BCUT2D eigenvalue weighted by Gasteiger charge is 2.21. The van der Waals surface area contributed by atoms with Crippen LogP contribution in [0.25, 0.3) is 0 Å². The summed E-state index contributed by atoms with van der Waals surface area (Å²) in [6.45, 7) is 14.0. The standard InChI is InChI=1S/C21H43N3O/c1-19(2)22-14-12-10-8-6-5-7-9-11-13-21(25)24-17-15-23(16-18-24)20(3)4/h19-20,22H,5-18H2,1-4H3. The molecule has 0 aromatic rings. The molecule has 0 aliphatic carbocycles. The number of amides is 1. The quantitative estimate of drug-likeness (QED) is 0.507. The van der Waals surface area contributed by atoms with Gasteiger partial charge in [-0.25, -0.2) is 0 Å². The first-order chi connectivity index (χ1) is 12.0. The molecule has 0 radical (unpaired) electrons. The molecule has 4 nitrogen and oxygen atoms in total. The van der Waals surface area contributed by atoms with Crippen LogP contribution in [0, 0.1) is 0 Å². The zero-order chi connectivity index (χ0) is 18.5. The molecule has 1 aliphatic rings. The molecular weight excluding hydrogens is 310 g/mol. The summed E-state index contributed by atoms with van der Waals surface area (Å²) >= 11 is 0. The minimum absolute atomic E-state index is 0.376. The molecule has 0 saturated carbocycles. The molecule has 1 amide bonds. The maximum Gasteiger partial charge on any atom is 0.222 e. The normalized spacial score (nSPS) is 16.2. The average Bonchev–Trinajstić information content (AvgIpc) is 2.59. The Labute approximate surface area is 156 Å². The van der Waals surface area contributed by atoms with Gasteiger partial charge in [-0.3, -0.25) is 9.69 Å². The van der Waals surface area contributed by atoms with E-state index in [4.69, 9.17) is 0 Å². The third kappa shape index (κ3) is 10.9. The lowest BCUT2D eigenvalue weighted by atomic mass is 10.1. The fraction of sp³-hybridized carbons (Fsp3) is 0.952. The minimum atomic E-state index is 0.376. The van der Waals surface area contributed by atoms with Crippen LogP contribution in [-0.4, -0.2) is 60.5 Å². The zero-order valence-electron chi connectivity index (χ0n) is 17.4. The number of rotatable bonds is 13. The van der Waals surface area contributed by atoms with Crippen LogP contribution in [0.2, 0.25) is 0 Å². The summed E-state index contributed by atoms with van der Waals surface area (Å²) in [6.07, 6.45) is 11.0. The van der Waals surface area contributed by atoms with Gasteiger partial charge in [-0.1, -0.05) is 52.4 Å². The number of hydrogen-bond donors (Lipinski definition) is 1. The van der Waals surface area contributed by atoms with E-state index in [0.29, 0.717) is 18.0 Å². The van der Waals surface area contributed by atoms with Gasteiger partial charge in [-0.05, 0) is 33.2 Å². The van der Waals surface area contributed by atoms with Crippen LogP contribution in [0.5, 0.6) is 0 Å². The zero-order valence-corrected chi connectivity index (χ0v) is 17.4. The van der Waals surface area contributed by atoms with Crippen molar-refractivity contribution in [2.24, 2.45) is 0 Å². The molecule has 0 aromatic carbocycles. The van der Waals surface area contributed by atoms with Crippen LogP contribution in [-0.2, 0) is 4.79 Å². The number of nitrogens with zero attached hydrogens (tertiary/aromatic N) is 2. The monoisotopic (exact) mass is 353 g/mol. The van der Waals surface area contributed by atoms with Gasteiger partial charge < -0.3 is 10.2 Å². The molecule has 0 unspecified atom stereocenters. The molecule has 4 heteroatoms. The Morgan fingerprint density at radius 1 is 0.800 bits per heavy atom. The molecule has 1 saturated heterocycles. The molecule has 1 heterocycles. The topological polar surface area (TPSA) is 35.6 Å².